The van der Waals surface area contributed by atoms with Crippen molar-refractivity contribution in [3.05, 3.63) is 59.4 Å². The molecule has 0 saturated heterocycles. The van der Waals surface area contributed by atoms with E-state index in [9.17, 15) is 17.6 Å². The third-order valence-corrected chi connectivity index (χ3v) is 6.44. The number of benzene rings is 2. The van der Waals surface area contributed by atoms with Crippen LogP contribution in [0.15, 0.2) is 47.4 Å². The van der Waals surface area contributed by atoms with Gasteiger partial charge in [-0.1, -0.05) is 43.9 Å². The molecule has 2 aromatic rings. The van der Waals surface area contributed by atoms with Crippen molar-refractivity contribution in [2.75, 3.05) is 4.72 Å². The average molecular weight is 405 g/mol. The first-order valence-corrected chi connectivity index (χ1v) is 11.0. The maximum absolute atomic E-state index is 13.8. The van der Waals surface area contributed by atoms with Crippen LogP contribution in [0.4, 0.5) is 10.1 Å². The highest BCUT2D eigenvalue weighted by Crippen LogP contribution is 2.22. The Morgan fingerprint density at radius 1 is 1.04 bits per heavy atom. The molecule has 7 heteroatoms. The summed E-state index contributed by atoms with van der Waals surface area (Å²) in [6, 6.07) is 10.0. The minimum atomic E-state index is -4.02. The van der Waals surface area contributed by atoms with Crippen LogP contribution in [0, 0.1) is 12.7 Å². The number of halogens is 1. The fourth-order valence-corrected chi connectivity index (χ4v) is 4.54. The van der Waals surface area contributed by atoms with Gasteiger partial charge in [-0.15, -0.1) is 0 Å². The zero-order valence-corrected chi connectivity index (χ0v) is 16.7. The molecule has 1 aliphatic carbocycles. The molecule has 0 radical (unpaired) electrons. The number of hydrogen-bond donors (Lipinski definition) is 2. The van der Waals surface area contributed by atoms with Gasteiger partial charge in [0.1, 0.15) is 5.82 Å². The number of carbonyl (C=O) groups is 1. The Labute approximate surface area is 165 Å². The van der Waals surface area contributed by atoms with Crippen LogP contribution < -0.4 is 10.0 Å². The molecule has 150 valence electrons. The van der Waals surface area contributed by atoms with Crippen molar-refractivity contribution in [1.82, 2.24) is 5.32 Å². The lowest BCUT2D eigenvalue weighted by Gasteiger charge is -2.17. The Morgan fingerprint density at radius 2 is 1.71 bits per heavy atom. The number of aryl methyl sites for hydroxylation is 1. The normalized spacial score (nSPS) is 15.6. The van der Waals surface area contributed by atoms with E-state index in [4.69, 9.17) is 0 Å². The number of hydrogen-bond acceptors (Lipinski definition) is 3. The number of para-hydroxylation sites is 1. The molecule has 28 heavy (non-hydrogen) atoms. The Bertz CT molecular complexity index is 952. The highest BCUT2D eigenvalue weighted by molar-refractivity contribution is 7.92. The molecule has 1 amide bonds. The van der Waals surface area contributed by atoms with Gasteiger partial charge in [0.25, 0.3) is 15.9 Å². The quantitative estimate of drug-likeness (QED) is 0.726. The molecule has 1 fully saturated rings. The van der Waals surface area contributed by atoms with Crippen molar-refractivity contribution >= 4 is 21.6 Å². The van der Waals surface area contributed by atoms with Crippen LogP contribution in [0.2, 0.25) is 0 Å². The minimum absolute atomic E-state index is 0.0765. The summed E-state index contributed by atoms with van der Waals surface area (Å²) in [4.78, 5) is 12.7. The van der Waals surface area contributed by atoms with E-state index in [1.165, 1.54) is 43.2 Å². The zero-order valence-electron chi connectivity index (χ0n) is 15.9. The summed E-state index contributed by atoms with van der Waals surface area (Å²) in [5, 5.41) is 3.04. The molecular formula is C21H25FN2O3S. The van der Waals surface area contributed by atoms with Gasteiger partial charge in [0.2, 0.25) is 0 Å². The summed E-state index contributed by atoms with van der Waals surface area (Å²) < 4.78 is 41.4. The lowest BCUT2D eigenvalue weighted by atomic mass is 10.1. The van der Waals surface area contributed by atoms with Crippen molar-refractivity contribution in [3.63, 3.8) is 0 Å². The standard InChI is InChI=1S/C21H25FN2O3S/c1-15-12-13-17(28(26,27)24-20-11-7-6-10-19(20)22)14-18(15)21(25)23-16-8-4-2-3-5-9-16/h6-7,10-14,16,24H,2-5,8-9H2,1H3,(H,23,25). The molecular weight excluding hydrogens is 379 g/mol. The number of sulfonamides is 1. The molecule has 0 heterocycles. The monoisotopic (exact) mass is 404 g/mol. The van der Waals surface area contributed by atoms with Crippen molar-refractivity contribution in [1.29, 1.82) is 0 Å². The SMILES string of the molecule is Cc1ccc(S(=O)(=O)Nc2ccccc2F)cc1C(=O)NC1CCCCCC1. The van der Waals surface area contributed by atoms with E-state index >= 15 is 0 Å². The maximum atomic E-state index is 13.8. The second-order valence-electron chi connectivity index (χ2n) is 7.22. The molecule has 1 aliphatic rings. The van der Waals surface area contributed by atoms with Gasteiger partial charge in [0.15, 0.2) is 0 Å². The summed E-state index contributed by atoms with van der Waals surface area (Å²) in [5.74, 6) is -0.933. The predicted octanol–water partition coefficient (Wildman–Crippen LogP) is 4.39. The van der Waals surface area contributed by atoms with Crippen molar-refractivity contribution in [2.24, 2.45) is 0 Å². The first kappa shape index (κ1) is 20.3. The Kier molecular flexibility index (Phi) is 6.34. The number of nitrogens with one attached hydrogen (secondary N) is 2. The third-order valence-electron chi connectivity index (χ3n) is 5.07. The van der Waals surface area contributed by atoms with E-state index in [1.54, 1.807) is 19.1 Å². The van der Waals surface area contributed by atoms with Crippen molar-refractivity contribution < 1.29 is 17.6 Å². The van der Waals surface area contributed by atoms with Crippen molar-refractivity contribution in [3.8, 4) is 0 Å². The smallest absolute Gasteiger partial charge is 0.262 e. The summed E-state index contributed by atoms with van der Waals surface area (Å²) in [5.41, 5.74) is 0.879. The molecule has 0 aliphatic heterocycles. The van der Waals surface area contributed by atoms with Crippen molar-refractivity contribution in [2.45, 2.75) is 56.4 Å². The minimum Gasteiger partial charge on any atom is -0.349 e. The molecule has 1 saturated carbocycles. The molecule has 5 nitrogen and oxygen atoms in total. The average Bonchev–Trinajstić information content (AvgIpc) is 2.92. The number of anilines is 1. The third kappa shape index (κ3) is 4.90. The molecule has 0 spiro atoms. The topological polar surface area (TPSA) is 75.3 Å². The maximum Gasteiger partial charge on any atom is 0.262 e. The number of carbonyl (C=O) groups excluding carboxylic acids is 1. The number of amides is 1. The van der Waals surface area contributed by atoms with Crippen LogP contribution in [0.3, 0.4) is 0 Å². The summed E-state index contributed by atoms with van der Waals surface area (Å²) >= 11 is 0. The second kappa shape index (κ2) is 8.73. The fraction of sp³-hybridized carbons (Fsp3) is 0.381. The fourth-order valence-electron chi connectivity index (χ4n) is 3.45. The molecule has 0 atom stereocenters. The molecule has 2 N–H and O–H groups in total. The second-order valence-corrected chi connectivity index (χ2v) is 8.91. The molecule has 0 bridgehead atoms. The van der Waals surface area contributed by atoms with E-state index in [1.807, 2.05) is 0 Å². The lowest BCUT2D eigenvalue weighted by molar-refractivity contribution is 0.0932. The summed E-state index contributed by atoms with van der Waals surface area (Å²) in [6.45, 7) is 1.77. The first-order valence-electron chi connectivity index (χ1n) is 9.56. The van der Waals surface area contributed by atoms with E-state index in [0.717, 1.165) is 25.7 Å². The predicted molar refractivity (Wildman–Crippen MR) is 107 cm³/mol. The highest BCUT2D eigenvalue weighted by Gasteiger charge is 2.21. The van der Waals surface area contributed by atoms with Crippen LogP contribution in [0.1, 0.15) is 54.4 Å². The largest absolute Gasteiger partial charge is 0.349 e. The van der Waals surface area contributed by atoms with Gasteiger partial charge in [0.05, 0.1) is 10.6 Å². The van der Waals surface area contributed by atoms with Crippen LogP contribution in [-0.4, -0.2) is 20.4 Å². The molecule has 3 rings (SSSR count). The van der Waals surface area contributed by atoms with Gasteiger partial charge in [-0.25, -0.2) is 12.8 Å². The Balaban J connectivity index is 1.82. The van der Waals surface area contributed by atoms with Gasteiger partial charge < -0.3 is 5.32 Å². The van der Waals surface area contributed by atoms with E-state index in [-0.39, 0.29) is 22.5 Å². The van der Waals surface area contributed by atoms with Gasteiger partial charge in [0, 0.05) is 11.6 Å². The zero-order chi connectivity index (χ0) is 20.1. The van der Waals surface area contributed by atoms with E-state index in [2.05, 4.69) is 10.0 Å². The van der Waals surface area contributed by atoms with Gasteiger partial charge in [-0.3, -0.25) is 9.52 Å². The van der Waals surface area contributed by atoms with Crippen LogP contribution >= 0.6 is 0 Å². The Hall–Kier alpha value is -2.41. The van der Waals surface area contributed by atoms with E-state index in [0.29, 0.717) is 11.1 Å². The first-order chi connectivity index (χ1) is 13.4. The van der Waals surface area contributed by atoms with E-state index < -0.39 is 15.8 Å². The molecule has 0 unspecified atom stereocenters. The molecule has 0 aromatic heterocycles. The molecule has 2 aromatic carbocycles. The van der Waals surface area contributed by atoms with Gasteiger partial charge >= 0.3 is 0 Å². The highest BCUT2D eigenvalue weighted by atomic mass is 32.2. The number of rotatable bonds is 5. The van der Waals surface area contributed by atoms with Crippen LogP contribution in [-0.2, 0) is 10.0 Å². The summed E-state index contributed by atoms with van der Waals surface area (Å²) in [6.07, 6.45) is 6.42. The van der Waals surface area contributed by atoms with Crippen LogP contribution in [0.25, 0.3) is 0 Å². The Morgan fingerprint density at radius 3 is 2.39 bits per heavy atom. The van der Waals surface area contributed by atoms with Crippen LogP contribution in [0.5, 0.6) is 0 Å². The van der Waals surface area contributed by atoms with Gasteiger partial charge in [-0.2, -0.15) is 0 Å². The lowest BCUT2D eigenvalue weighted by Crippen LogP contribution is -2.34. The summed E-state index contributed by atoms with van der Waals surface area (Å²) in [7, 11) is -4.02. The van der Waals surface area contributed by atoms with Gasteiger partial charge in [-0.05, 0) is 49.6 Å².